The molecule has 176 valence electrons. The van der Waals surface area contributed by atoms with E-state index in [1.807, 2.05) is 0 Å². The molecule has 0 spiro atoms. The Labute approximate surface area is 180 Å². The number of carbonyl (C=O) groups excluding carboxylic acids is 1. The molecule has 0 bridgehead atoms. The Bertz CT molecular complexity index is 853. The summed E-state index contributed by atoms with van der Waals surface area (Å²) in [5, 5.41) is 26.2. The lowest BCUT2D eigenvalue weighted by Crippen LogP contribution is -2.52. The topological polar surface area (TPSA) is 224 Å². The van der Waals surface area contributed by atoms with Crippen LogP contribution in [0.2, 0.25) is 0 Å². The Balaban J connectivity index is 2.13. The molecule has 1 fully saturated rings. The van der Waals surface area contributed by atoms with Gasteiger partial charge in [-0.15, -0.1) is 10.2 Å². The van der Waals surface area contributed by atoms with Crippen LogP contribution in [0.4, 0.5) is 0 Å². The van der Waals surface area contributed by atoms with Crippen LogP contribution in [0.1, 0.15) is 75.7 Å². The number of primary amides is 1. The number of aliphatic carboxylic acids is 1. The van der Waals surface area contributed by atoms with Gasteiger partial charge in [0.1, 0.15) is 12.1 Å². The highest BCUT2D eigenvalue weighted by Crippen LogP contribution is 2.31. The standard InChI is InChI=1S/C17H30N6O7S/c1-9(24)14(17(26)27)23-31(28,29)22-12(8-13(19)25)16-21-20-15(30-16)11(18)7-10-5-3-2-4-6-10/h9-12,14,22-24H,2-8,18H2,1H3,(H2,19,25)(H,26,27)/t9?,11-,12-,14-/m0/s1. The van der Waals surface area contributed by atoms with Crippen LogP contribution < -0.4 is 20.9 Å². The molecule has 4 atom stereocenters. The molecule has 1 aromatic rings. The highest BCUT2D eigenvalue weighted by molar-refractivity contribution is 7.87. The van der Waals surface area contributed by atoms with Crippen molar-refractivity contribution in [2.45, 2.75) is 76.1 Å². The van der Waals surface area contributed by atoms with Crippen molar-refractivity contribution < 1.29 is 32.6 Å². The van der Waals surface area contributed by atoms with E-state index < -0.39 is 52.7 Å². The molecular weight excluding hydrogens is 432 g/mol. The average molecular weight is 463 g/mol. The number of nitrogens with two attached hydrogens (primary N) is 2. The van der Waals surface area contributed by atoms with Gasteiger partial charge in [0.2, 0.25) is 17.7 Å². The minimum absolute atomic E-state index is 0.106. The predicted molar refractivity (Wildman–Crippen MR) is 107 cm³/mol. The first kappa shape index (κ1) is 25.1. The maximum atomic E-state index is 12.4. The molecule has 1 aliphatic carbocycles. The van der Waals surface area contributed by atoms with Gasteiger partial charge in [0.05, 0.1) is 18.6 Å². The number of nitrogens with one attached hydrogen (secondary N) is 2. The molecule has 0 aliphatic heterocycles. The van der Waals surface area contributed by atoms with E-state index in [1.54, 1.807) is 4.72 Å². The van der Waals surface area contributed by atoms with Crippen molar-refractivity contribution in [3.8, 4) is 0 Å². The number of hydrogen-bond acceptors (Lipinski definition) is 9. The van der Waals surface area contributed by atoms with Gasteiger partial charge in [-0.25, -0.2) is 0 Å². The summed E-state index contributed by atoms with van der Waals surface area (Å²) in [5.74, 6) is -2.13. The summed E-state index contributed by atoms with van der Waals surface area (Å²) in [6, 6.07) is -3.70. The summed E-state index contributed by atoms with van der Waals surface area (Å²) in [5.41, 5.74) is 11.4. The van der Waals surface area contributed by atoms with Gasteiger partial charge in [-0.05, 0) is 19.3 Å². The average Bonchev–Trinajstić information content (AvgIpc) is 3.16. The third kappa shape index (κ3) is 7.81. The van der Waals surface area contributed by atoms with Crippen molar-refractivity contribution in [1.82, 2.24) is 19.6 Å². The van der Waals surface area contributed by atoms with Crippen molar-refractivity contribution in [3.63, 3.8) is 0 Å². The first-order valence-corrected chi connectivity index (χ1v) is 11.5. The number of aromatic nitrogens is 2. The second-order valence-electron chi connectivity index (χ2n) is 7.84. The number of amides is 1. The second-order valence-corrected chi connectivity index (χ2v) is 9.32. The zero-order chi connectivity index (χ0) is 23.2. The van der Waals surface area contributed by atoms with Crippen LogP contribution in [0.3, 0.4) is 0 Å². The zero-order valence-corrected chi connectivity index (χ0v) is 18.0. The molecular formula is C17H30N6O7S. The Morgan fingerprint density at radius 1 is 1.19 bits per heavy atom. The summed E-state index contributed by atoms with van der Waals surface area (Å²) < 4.78 is 34.1. The number of hydrogen-bond donors (Lipinski definition) is 6. The molecule has 14 heteroatoms. The van der Waals surface area contributed by atoms with Crippen LogP contribution in [0.15, 0.2) is 4.42 Å². The fourth-order valence-corrected chi connectivity index (χ4v) is 4.80. The number of carboxylic acids is 1. The van der Waals surface area contributed by atoms with Crippen LogP contribution in [0.25, 0.3) is 0 Å². The van der Waals surface area contributed by atoms with Crippen LogP contribution in [0.5, 0.6) is 0 Å². The molecule has 0 radical (unpaired) electrons. The first-order chi connectivity index (χ1) is 14.5. The van der Waals surface area contributed by atoms with Crippen molar-refractivity contribution >= 4 is 22.1 Å². The molecule has 1 saturated carbocycles. The first-order valence-electron chi connectivity index (χ1n) is 10.1. The van der Waals surface area contributed by atoms with Crippen LogP contribution in [-0.4, -0.2) is 52.9 Å². The minimum atomic E-state index is -4.51. The van der Waals surface area contributed by atoms with Gasteiger partial charge in [-0.3, -0.25) is 9.59 Å². The molecule has 1 aliphatic rings. The Morgan fingerprint density at radius 2 is 1.81 bits per heavy atom. The predicted octanol–water partition coefficient (Wildman–Crippen LogP) is -0.786. The number of carbonyl (C=O) groups is 2. The van der Waals surface area contributed by atoms with E-state index in [-0.39, 0.29) is 11.8 Å². The molecule has 2 rings (SSSR count). The second kappa shape index (κ2) is 10.9. The number of nitrogens with zero attached hydrogens (tertiary/aromatic N) is 2. The fourth-order valence-electron chi connectivity index (χ4n) is 3.54. The molecule has 1 unspecified atom stereocenters. The van der Waals surface area contributed by atoms with Crippen molar-refractivity contribution in [2.75, 3.05) is 0 Å². The van der Waals surface area contributed by atoms with Gasteiger partial charge < -0.3 is 26.1 Å². The van der Waals surface area contributed by atoms with Crippen molar-refractivity contribution in [3.05, 3.63) is 11.8 Å². The number of carboxylic acid groups (broad SMARTS) is 1. The third-order valence-electron chi connectivity index (χ3n) is 5.12. The fraction of sp³-hybridized carbons (Fsp3) is 0.765. The summed E-state index contributed by atoms with van der Waals surface area (Å²) in [6.07, 6.45) is 4.24. The number of rotatable bonds is 12. The quantitative estimate of drug-likeness (QED) is 0.227. The van der Waals surface area contributed by atoms with Gasteiger partial charge in [0, 0.05) is 0 Å². The van der Waals surface area contributed by atoms with Crippen LogP contribution in [-0.2, 0) is 19.8 Å². The Kier molecular flexibility index (Phi) is 8.88. The number of aliphatic hydroxyl groups is 1. The lowest BCUT2D eigenvalue weighted by molar-refractivity contribution is -0.141. The van der Waals surface area contributed by atoms with Crippen LogP contribution in [0, 0.1) is 5.92 Å². The number of aliphatic hydroxyl groups excluding tert-OH is 1. The molecule has 1 heterocycles. The summed E-state index contributed by atoms with van der Waals surface area (Å²) in [7, 11) is -4.51. The molecule has 0 aromatic carbocycles. The van der Waals surface area contributed by atoms with E-state index in [1.165, 1.54) is 6.42 Å². The van der Waals surface area contributed by atoms with E-state index in [9.17, 15) is 23.1 Å². The lowest BCUT2D eigenvalue weighted by Gasteiger charge is -2.23. The Morgan fingerprint density at radius 3 is 2.35 bits per heavy atom. The van der Waals surface area contributed by atoms with Gasteiger partial charge in [-0.1, -0.05) is 32.1 Å². The Hall–Kier alpha value is -2.13. The SMILES string of the molecule is CC(O)[C@H](NS(=O)(=O)N[C@@H](CC(N)=O)c1nnc([C@@H](N)CC2CCCCC2)o1)C(=O)O. The van der Waals surface area contributed by atoms with Gasteiger partial charge in [-0.2, -0.15) is 17.9 Å². The van der Waals surface area contributed by atoms with E-state index in [4.69, 9.17) is 21.0 Å². The van der Waals surface area contributed by atoms with Gasteiger partial charge in [0.15, 0.2) is 0 Å². The summed E-state index contributed by atoms with van der Waals surface area (Å²) in [4.78, 5) is 22.6. The monoisotopic (exact) mass is 462 g/mol. The molecule has 31 heavy (non-hydrogen) atoms. The van der Waals surface area contributed by atoms with E-state index in [2.05, 4.69) is 14.9 Å². The molecule has 8 N–H and O–H groups in total. The maximum Gasteiger partial charge on any atom is 0.324 e. The van der Waals surface area contributed by atoms with Crippen LogP contribution >= 0.6 is 0 Å². The third-order valence-corrected chi connectivity index (χ3v) is 6.28. The van der Waals surface area contributed by atoms with Gasteiger partial charge in [0.25, 0.3) is 10.2 Å². The highest BCUT2D eigenvalue weighted by atomic mass is 32.2. The zero-order valence-electron chi connectivity index (χ0n) is 17.2. The van der Waals surface area contributed by atoms with E-state index in [0.29, 0.717) is 12.3 Å². The normalized spacial score (nSPS) is 19.5. The van der Waals surface area contributed by atoms with Crippen molar-refractivity contribution in [1.29, 1.82) is 0 Å². The summed E-state index contributed by atoms with van der Waals surface area (Å²) in [6.45, 7) is 1.11. The largest absolute Gasteiger partial charge is 0.480 e. The van der Waals surface area contributed by atoms with E-state index in [0.717, 1.165) is 32.6 Å². The lowest BCUT2D eigenvalue weighted by atomic mass is 9.85. The molecule has 1 aromatic heterocycles. The van der Waals surface area contributed by atoms with Gasteiger partial charge >= 0.3 is 5.97 Å². The molecule has 13 nitrogen and oxygen atoms in total. The minimum Gasteiger partial charge on any atom is -0.480 e. The smallest absolute Gasteiger partial charge is 0.324 e. The van der Waals surface area contributed by atoms with E-state index >= 15 is 0 Å². The highest BCUT2D eigenvalue weighted by Gasteiger charge is 2.32. The van der Waals surface area contributed by atoms with Crippen molar-refractivity contribution in [2.24, 2.45) is 17.4 Å². The maximum absolute atomic E-state index is 12.4. The molecule has 1 amide bonds. The molecule has 0 saturated heterocycles. The summed E-state index contributed by atoms with van der Waals surface area (Å²) >= 11 is 0.